The lowest BCUT2D eigenvalue weighted by atomic mass is 10.1. The fourth-order valence-electron chi connectivity index (χ4n) is 1.14. The molecule has 1 aromatic carbocycles. The first kappa shape index (κ1) is 12.7. The first-order valence-electron chi connectivity index (χ1n) is 4.95. The Morgan fingerprint density at radius 2 is 2.12 bits per heavy atom. The molecule has 0 atom stereocenters. The molecule has 1 rings (SSSR count). The van der Waals surface area contributed by atoms with Crippen molar-refractivity contribution in [1.82, 2.24) is 0 Å². The van der Waals surface area contributed by atoms with Crippen molar-refractivity contribution in [2.24, 2.45) is 10.8 Å². The van der Waals surface area contributed by atoms with Crippen LogP contribution in [0.15, 0.2) is 29.4 Å². The first-order valence-corrected chi connectivity index (χ1v) is 4.95. The second-order valence-electron chi connectivity index (χ2n) is 3.27. The number of aliphatic hydroxyl groups excluding tert-OH is 1. The third-order valence-corrected chi connectivity index (χ3v) is 2.01. The lowest BCUT2D eigenvalue weighted by Crippen LogP contribution is -2.21. The highest BCUT2D eigenvalue weighted by molar-refractivity contribution is 6.45. The van der Waals surface area contributed by atoms with Crippen molar-refractivity contribution in [2.75, 3.05) is 12.0 Å². The zero-order chi connectivity index (χ0) is 12.7. The van der Waals surface area contributed by atoms with Crippen LogP contribution in [0.1, 0.15) is 5.56 Å². The average molecular weight is 231 g/mol. The molecule has 0 aliphatic rings. The highest BCUT2D eigenvalue weighted by atomic mass is 16.2. The van der Waals surface area contributed by atoms with Gasteiger partial charge in [0.15, 0.2) is 5.84 Å². The van der Waals surface area contributed by atoms with Gasteiger partial charge in [-0.3, -0.25) is 10.8 Å². The molecule has 6 nitrogen and oxygen atoms in total. The van der Waals surface area contributed by atoms with E-state index in [2.05, 4.69) is 10.5 Å². The lowest BCUT2D eigenvalue weighted by molar-refractivity contribution is 0.299. The summed E-state index contributed by atoms with van der Waals surface area (Å²) >= 11 is 0. The van der Waals surface area contributed by atoms with E-state index in [4.69, 9.17) is 21.5 Å². The molecule has 1 aromatic rings. The molecular weight excluding hydrogens is 218 g/mol. The van der Waals surface area contributed by atoms with Crippen LogP contribution in [0.5, 0.6) is 0 Å². The Labute approximate surface area is 98.9 Å². The Morgan fingerprint density at radius 3 is 2.59 bits per heavy atom. The molecule has 0 saturated heterocycles. The van der Waals surface area contributed by atoms with E-state index in [1.54, 1.807) is 18.2 Å². The number of benzene rings is 1. The minimum Gasteiger partial charge on any atom is -0.396 e. The van der Waals surface area contributed by atoms with Crippen molar-refractivity contribution in [2.45, 2.75) is 6.42 Å². The highest BCUT2D eigenvalue weighted by Gasteiger charge is 2.00. The molecule has 0 bridgehead atoms. The van der Waals surface area contributed by atoms with Gasteiger partial charge >= 0.3 is 0 Å². The van der Waals surface area contributed by atoms with Gasteiger partial charge in [0, 0.05) is 6.61 Å². The van der Waals surface area contributed by atoms with Crippen molar-refractivity contribution >= 4 is 17.2 Å². The van der Waals surface area contributed by atoms with Crippen molar-refractivity contribution in [1.29, 1.82) is 10.7 Å². The maximum absolute atomic E-state index is 8.75. The van der Waals surface area contributed by atoms with Crippen LogP contribution in [-0.4, -0.2) is 23.3 Å². The first-order chi connectivity index (χ1) is 8.17. The molecule has 0 heterocycles. The van der Waals surface area contributed by atoms with Crippen LogP contribution in [0.4, 0.5) is 5.69 Å². The average Bonchev–Trinajstić information content (AvgIpc) is 2.32. The number of aliphatic hydroxyl groups is 1. The molecular formula is C11H13N5O. The third kappa shape index (κ3) is 3.93. The van der Waals surface area contributed by atoms with Gasteiger partial charge in [0.05, 0.1) is 5.69 Å². The Kier molecular flexibility index (Phi) is 4.66. The van der Waals surface area contributed by atoms with Crippen LogP contribution >= 0.6 is 0 Å². The standard InChI is InChI=1S/C11H13N5O/c12-7-10(11(13)14)16-15-9-3-1-8(2-4-9)5-6-17/h1-4,15,17H,5-6H2,(H3,13,14)/b16-10+. The Balaban J connectivity index is 2.70. The maximum atomic E-state index is 8.75. The van der Waals surface area contributed by atoms with Gasteiger partial charge in [-0.25, -0.2) is 0 Å². The molecule has 0 fully saturated rings. The molecule has 6 heteroatoms. The molecule has 88 valence electrons. The molecule has 0 spiro atoms. The number of rotatable bonds is 5. The van der Waals surface area contributed by atoms with Crippen molar-refractivity contribution in [3.8, 4) is 6.07 Å². The predicted octanol–water partition coefficient (Wildman–Crippen LogP) is 0.449. The highest BCUT2D eigenvalue weighted by Crippen LogP contribution is 2.09. The van der Waals surface area contributed by atoms with E-state index in [0.29, 0.717) is 12.1 Å². The van der Waals surface area contributed by atoms with Crippen LogP contribution in [-0.2, 0) is 6.42 Å². The summed E-state index contributed by atoms with van der Waals surface area (Å²) in [4.78, 5) is 0. The summed E-state index contributed by atoms with van der Waals surface area (Å²) < 4.78 is 0. The molecule has 0 saturated carbocycles. The molecule has 17 heavy (non-hydrogen) atoms. The number of nitrogens with zero attached hydrogens (tertiary/aromatic N) is 2. The molecule has 0 aliphatic heterocycles. The number of anilines is 1. The van der Waals surface area contributed by atoms with Gasteiger partial charge in [0.1, 0.15) is 6.07 Å². The summed E-state index contributed by atoms with van der Waals surface area (Å²) in [5.41, 5.74) is 9.29. The summed E-state index contributed by atoms with van der Waals surface area (Å²) in [6.45, 7) is 0.105. The largest absolute Gasteiger partial charge is 0.396 e. The third-order valence-electron chi connectivity index (χ3n) is 2.01. The molecule has 0 unspecified atom stereocenters. The van der Waals surface area contributed by atoms with Crippen LogP contribution in [0, 0.1) is 16.7 Å². The zero-order valence-electron chi connectivity index (χ0n) is 9.14. The van der Waals surface area contributed by atoms with E-state index in [0.717, 1.165) is 5.56 Å². The zero-order valence-corrected chi connectivity index (χ0v) is 9.14. The molecule has 0 amide bonds. The minimum absolute atomic E-state index is 0.105. The lowest BCUT2D eigenvalue weighted by Gasteiger charge is -2.02. The Morgan fingerprint density at radius 1 is 1.47 bits per heavy atom. The van der Waals surface area contributed by atoms with Gasteiger partial charge in [-0.1, -0.05) is 12.1 Å². The summed E-state index contributed by atoms with van der Waals surface area (Å²) in [6, 6.07) is 8.93. The van der Waals surface area contributed by atoms with Crippen LogP contribution in [0.3, 0.4) is 0 Å². The van der Waals surface area contributed by atoms with E-state index < -0.39 is 0 Å². The number of hydrazone groups is 1. The number of hydrogen-bond donors (Lipinski definition) is 4. The number of nitriles is 1. The number of nitrogens with one attached hydrogen (secondary N) is 2. The topological polar surface area (TPSA) is 118 Å². The van der Waals surface area contributed by atoms with Gasteiger partial charge < -0.3 is 10.8 Å². The molecule has 0 aromatic heterocycles. The van der Waals surface area contributed by atoms with E-state index in [1.807, 2.05) is 12.1 Å². The Bertz CT molecular complexity index is 458. The summed E-state index contributed by atoms with van der Waals surface area (Å²) in [7, 11) is 0. The van der Waals surface area contributed by atoms with E-state index in [1.165, 1.54) is 0 Å². The number of amidine groups is 1. The van der Waals surface area contributed by atoms with E-state index in [9.17, 15) is 0 Å². The summed E-state index contributed by atoms with van der Waals surface area (Å²) in [6.07, 6.45) is 0.598. The van der Waals surface area contributed by atoms with Crippen LogP contribution < -0.4 is 11.2 Å². The van der Waals surface area contributed by atoms with E-state index in [-0.39, 0.29) is 18.2 Å². The van der Waals surface area contributed by atoms with E-state index >= 15 is 0 Å². The predicted molar refractivity (Wildman–Crippen MR) is 65.8 cm³/mol. The van der Waals surface area contributed by atoms with Crippen molar-refractivity contribution in [3.05, 3.63) is 29.8 Å². The van der Waals surface area contributed by atoms with Gasteiger partial charge in [-0.05, 0) is 24.1 Å². The summed E-state index contributed by atoms with van der Waals surface area (Å²) in [5, 5.41) is 28.1. The maximum Gasteiger partial charge on any atom is 0.201 e. The van der Waals surface area contributed by atoms with Gasteiger partial charge in [0.2, 0.25) is 5.71 Å². The van der Waals surface area contributed by atoms with Crippen LogP contribution in [0.2, 0.25) is 0 Å². The van der Waals surface area contributed by atoms with Crippen molar-refractivity contribution in [3.63, 3.8) is 0 Å². The molecule has 0 radical (unpaired) electrons. The van der Waals surface area contributed by atoms with Crippen LogP contribution in [0.25, 0.3) is 0 Å². The normalized spacial score (nSPS) is 10.7. The van der Waals surface area contributed by atoms with Gasteiger partial charge in [0.25, 0.3) is 0 Å². The SMILES string of the molecule is N#C/C(=N\Nc1ccc(CCO)cc1)C(=N)N. The van der Waals surface area contributed by atoms with Gasteiger partial charge in [-0.2, -0.15) is 10.4 Å². The second kappa shape index (κ2) is 6.25. The smallest absolute Gasteiger partial charge is 0.201 e. The number of nitrogens with two attached hydrogens (primary N) is 1. The fourth-order valence-corrected chi connectivity index (χ4v) is 1.14. The fraction of sp³-hybridized carbons (Fsp3) is 0.182. The van der Waals surface area contributed by atoms with Crippen molar-refractivity contribution < 1.29 is 5.11 Å². The minimum atomic E-state index is -0.378. The monoisotopic (exact) mass is 231 g/mol. The number of hydrogen-bond acceptors (Lipinski definition) is 5. The Hall–Kier alpha value is -2.39. The summed E-state index contributed by atoms with van der Waals surface area (Å²) in [5.74, 6) is -0.378. The van der Waals surface area contributed by atoms with Gasteiger partial charge in [-0.15, -0.1) is 0 Å². The second-order valence-corrected chi connectivity index (χ2v) is 3.27. The molecule has 0 aliphatic carbocycles. The quantitative estimate of drug-likeness (QED) is 0.334. The molecule has 5 N–H and O–H groups in total.